The molecule has 0 radical (unpaired) electrons. The highest BCUT2D eigenvalue weighted by molar-refractivity contribution is 6.10. The first-order chi connectivity index (χ1) is 8.25. The molecule has 0 bridgehead atoms. The van der Waals surface area contributed by atoms with Crippen molar-refractivity contribution >= 4 is 5.78 Å². The maximum Gasteiger partial charge on any atom is 0.209 e. The van der Waals surface area contributed by atoms with Crippen molar-refractivity contribution in [2.75, 3.05) is 6.54 Å². The average Bonchev–Trinajstić information content (AvgIpc) is 2.49. The number of dihydropyridines is 1. The van der Waals surface area contributed by atoms with Gasteiger partial charge in [0.15, 0.2) is 0 Å². The fourth-order valence-corrected chi connectivity index (χ4v) is 2.38. The molecule has 0 fully saturated rings. The third-order valence-corrected chi connectivity index (χ3v) is 3.24. The van der Waals surface area contributed by atoms with E-state index in [0.717, 1.165) is 24.0 Å². The van der Waals surface area contributed by atoms with Crippen molar-refractivity contribution < 1.29 is 9.18 Å². The van der Waals surface area contributed by atoms with Crippen molar-refractivity contribution in [3.63, 3.8) is 0 Å². The van der Waals surface area contributed by atoms with Crippen LogP contribution in [0.5, 0.6) is 0 Å². The molecule has 0 atom stereocenters. The number of halogens is 1. The molecule has 1 heterocycles. The summed E-state index contributed by atoms with van der Waals surface area (Å²) >= 11 is 0. The Hall–Kier alpha value is -1.90. The second-order valence-electron chi connectivity index (χ2n) is 4.31. The molecular weight excluding hydrogens is 217 g/mol. The van der Waals surface area contributed by atoms with E-state index in [2.05, 4.69) is 5.32 Å². The van der Waals surface area contributed by atoms with Crippen LogP contribution in [0.25, 0.3) is 0 Å². The van der Waals surface area contributed by atoms with Crippen LogP contribution in [-0.4, -0.2) is 12.3 Å². The van der Waals surface area contributed by atoms with Gasteiger partial charge in [-0.2, -0.15) is 0 Å². The van der Waals surface area contributed by atoms with Crippen molar-refractivity contribution in [1.82, 2.24) is 5.32 Å². The lowest BCUT2D eigenvalue weighted by molar-refractivity contribution is 0.102. The van der Waals surface area contributed by atoms with E-state index in [0.29, 0.717) is 17.8 Å². The quantitative estimate of drug-likeness (QED) is 0.740. The number of aryl methyl sites for hydroxylation is 1. The van der Waals surface area contributed by atoms with E-state index in [4.69, 9.17) is 0 Å². The molecule has 2 aliphatic rings. The Morgan fingerprint density at radius 3 is 3.00 bits per heavy atom. The number of hydrogen-bond acceptors (Lipinski definition) is 2. The lowest BCUT2D eigenvalue weighted by atomic mass is 10.0. The topological polar surface area (TPSA) is 29.1 Å². The molecule has 0 amide bonds. The summed E-state index contributed by atoms with van der Waals surface area (Å²) in [4.78, 5) is 12.3. The van der Waals surface area contributed by atoms with Crippen molar-refractivity contribution in [1.29, 1.82) is 0 Å². The second-order valence-corrected chi connectivity index (χ2v) is 4.31. The summed E-state index contributed by atoms with van der Waals surface area (Å²) in [6.45, 7) is 0.662. The first kappa shape index (κ1) is 10.3. The van der Waals surface area contributed by atoms with Gasteiger partial charge in [0.05, 0.1) is 5.70 Å². The minimum Gasteiger partial charge on any atom is -0.378 e. The molecule has 17 heavy (non-hydrogen) atoms. The average molecular weight is 229 g/mol. The van der Waals surface area contributed by atoms with E-state index in [-0.39, 0.29) is 11.6 Å². The maximum atomic E-state index is 13.2. The molecule has 0 aromatic heterocycles. The van der Waals surface area contributed by atoms with Gasteiger partial charge in [-0.25, -0.2) is 4.39 Å². The molecule has 1 aliphatic carbocycles. The van der Waals surface area contributed by atoms with Gasteiger partial charge in [-0.3, -0.25) is 4.79 Å². The van der Waals surface area contributed by atoms with Crippen LogP contribution >= 0.6 is 0 Å². The van der Waals surface area contributed by atoms with E-state index in [1.165, 1.54) is 12.1 Å². The zero-order valence-electron chi connectivity index (χ0n) is 9.29. The van der Waals surface area contributed by atoms with Gasteiger partial charge in [-0.1, -0.05) is 18.2 Å². The highest BCUT2D eigenvalue weighted by Gasteiger charge is 2.24. The van der Waals surface area contributed by atoms with E-state index in [1.54, 1.807) is 6.07 Å². The largest absolute Gasteiger partial charge is 0.378 e. The Balaban J connectivity index is 2.14. The fraction of sp³-hybridized carbons (Fsp3) is 0.214. The number of rotatable bonds is 0. The predicted octanol–water partition coefficient (Wildman–Crippen LogP) is 2.37. The highest BCUT2D eigenvalue weighted by Crippen LogP contribution is 2.26. The van der Waals surface area contributed by atoms with Gasteiger partial charge in [-0.05, 0) is 36.1 Å². The zero-order chi connectivity index (χ0) is 11.8. The molecule has 3 rings (SSSR count). The fourth-order valence-electron chi connectivity index (χ4n) is 2.38. The van der Waals surface area contributed by atoms with Gasteiger partial charge in [0.1, 0.15) is 5.82 Å². The minimum atomic E-state index is -0.354. The molecule has 0 saturated heterocycles. The number of carbonyl (C=O) groups is 1. The van der Waals surface area contributed by atoms with E-state index in [1.807, 2.05) is 12.2 Å². The van der Waals surface area contributed by atoms with Crippen LogP contribution in [0.3, 0.4) is 0 Å². The summed E-state index contributed by atoms with van der Waals surface area (Å²) in [5, 5.41) is 3.09. The number of carbonyl (C=O) groups excluding carboxylic acids is 1. The lowest BCUT2D eigenvalue weighted by Gasteiger charge is -2.14. The van der Waals surface area contributed by atoms with Gasteiger partial charge in [0, 0.05) is 12.1 Å². The maximum absolute atomic E-state index is 13.2. The van der Waals surface area contributed by atoms with Crippen LogP contribution in [0.1, 0.15) is 22.3 Å². The third kappa shape index (κ3) is 1.68. The van der Waals surface area contributed by atoms with Gasteiger partial charge < -0.3 is 5.32 Å². The Kier molecular flexibility index (Phi) is 2.32. The van der Waals surface area contributed by atoms with Crippen molar-refractivity contribution in [3.8, 4) is 0 Å². The number of allylic oxidation sites excluding steroid dienone is 3. The molecule has 2 nitrogen and oxygen atoms in total. The Bertz CT molecular complexity index is 557. The van der Waals surface area contributed by atoms with Gasteiger partial charge in [0.2, 0.25) is 5.78 Å². The number of fused-ring (bicyclic) bond motifs is 1. The minimum absolute atomic E-state index is 0.0867. The number of benzene rings is 1. The van der Waals surface area contributed by atoms with E-state index < -0.39 is 0 Å². The Labute approximate surface area is 98.8 Å². The summed E-state index contributed by atoms with van der Waals surface area (Å²) in [6.07, 6.45) is 5.60. The number of nitrogens with one attached hydrogen (secondary N) is 1. The van der Waals surface area contributed by atoms with E-state index in [9.17, 15) is 9.18 Å². The highest BCUT2D eigenvalue weighted by atomic mass is 19.1. The molecule has 1 N–H and O–H groups in total. The van der Waals surface area contributed by atoms with Crippen molar-refractivity contribution in [2.45, 2.75) is 12.8 Å². The molecular formula is C14H12FNO. The van der Waals surface area contributed by atoms with Crippen LogP contribution in [0.2, 0.25) is 0 Å². The molecule has 1 aromatic carbocycles. The number of hydrogen-bond donors (Lipinski definition) is 1. The Morgan fingerprint density at radius 1 is 1.24 bits per heavy atom. The molecule has 0 unspecified atom stereocenters. The summed E-state index contributed by atoms with van der Waals surface area (Å²) in [5.74, 6) is -0.441. The normalized spacial score (nSPS) is 18.3. The molecule has 86 valence electrons. The predicted molar refractivity (Wildman–Crippen MR) is 63.2 cm³/mol. The van der Waals surface area contributed by atoms with Crippen LogP contribution in [-0.2, 0) is 6.42 Å². The molecule has 1 aromatic rings. The van der Waals surface area contributed by atoms with Crippen LogP contribution in [0.15, 0.2) is 41.6 Å². The van der Waals surface area contributed by atoms with Gasteiger partial charge in [0.25, 0.3) is 0 Å². The van der Waals surface area contributed by atoms with Crippen molar-refractivity contribution in [3.05, 3.63) is 58.6 Å². The van der Waals surface area contributed by atoms with Gasteiger partial charge in [-0.15, -0.1) is 0 Å². The second kappa shape index (κ2) is 3.84. The first-order valence-electron chi connectivity index (χ1n) is 5.72. The van der Waals surface area contributed by atoms with Gasteiger partial charge >= 0.3 is 0 Å². The van der Waals surface area contributed by atoms with Crippen LogP contribution in [0, 0.1) is 5.82 Å². The SMILES string of the molecule is O=C1C2=C(C=CCN2)CCc2ccc(F)cc21. The molecule has 1 aliphatic heterocycles. The first-order valence-corrected chi connectivity index (χ1v) is 5.72. The standard InChI is InChI=1S/C14H12FNO/c15-11-6-5-9-3-4-10-2-1-7-16-13(10)14(17)12(9)8-11/h1-2,5-6,8,16H,3-4,7H2. The van der Waals surface area contributed by atoms with E-state index >= 15 is 0 Å². The Morgan fingerprint density at radius 2 is 2.12 bits per heavy atom. The third-order valence-electron chi connectivity index (χ3n) is 3.24. The number of Topliss-reactive ketones (excluding diaryl/α,β-unsaturated/α-hetero) is 1. The summed E-state index contributed by atoms with van der Waals surface area (Å²) in [5.41, 5.74) is 3.09. The van der Waals surface area contributed by atoms with Crippen LogP contribution < -0.4 is 5.32 Å². The monoisotopic (exact) mass is 229 g/mol. The zero-order valence-corrected chi connectivity index (χ0v) is 9.29. The lowest BCUT2D eigenvalue weighted by Crippen LogP contribution is -2.24. The number of ketones is 1. The molecule has 3 heteroatoms. The molecule has 0 saturated carbocycles. The summed E-state index contributed by atoms with van der Waals surface area (Å²) in [7, 11) is 0. The summed E-state index contributed by atoms with van der Waals surface area (Å²) in [6, 6.07) is 4.47. The molecule has 0 spiro atoms. The van der Waals surface area contributed by atoms with Crippen molar-refractivity contribution in [2.24, 2.45) is 0 Å². The summed E-state index contributed by atoms with van der Waals surface area (Å²) < 4.78 is 13.2. The smallest absolute Gasteiger partial charge is 0.209 e. The van der Waals surface area contributed by atoms with Crippen LogP contribution in [0.4, 0.5) is 4.39 Å².